The number of amides is 1. The Morgan fingerprint density at radius 2 is 1.92 bits per heavy atom. The lowest BCUT2D eigenvalue weighted by Gasteiger charge is -2.07. The SMILES string of the molecule is COc1ccc(Cc2nc(C(=O)Nc3cccc(C)n3)cc(=O)[nH]2)cc1. The number of aryl methyl sites for hydroxylation is 1. The molecule has 0 atom stereocenters. The maximum absolute atomic E-state index is 12.4. The number of anilines is 1. The molecule has 2 N–H and O–H groups in total. The Balaban J connectivity index is 1.80. The number of ether oxygens (including phenoxy) is 1. The Hall–Kier alpha value is -3.48. The van der Waals surface area contributed by atoms with Gasteiger partial charge in [-0.15, -0.1) is 0 Å². The van der Waals surface area contributed by atoms with Crippen molar-refractivity contribution in [3.8, 4) is 5.75 Å². The number of nitrogens with zero attached hydrogens (tertiary/aromatic N) is 2. The summed E-state index contributed by atoms with van der Waals surface area (Å²) >= 11 is 0. The minimum absolute atomic E-state index is 0.0422. The Kier molecular flexibility index (Phi) is 5.07. The van der Waals surface area contributed by atoms with Gasteiger partial charge in [-0.1, -0.05) is 18.2 Å². The molecule has 3 rings (SSSR count). The van der Waals surface area contributed by atoms with Gasteiger partial charge in [-0.3, -0.25) is 9.59 Å². The van der Waals surface area contributed by atoms with Crippen molar-refractivity contribution < 1.29 is 9.53 Å². The molecule has 1 aromatic carbocycles. The highest BCUT2D eigenvalue weighted by Gasteiger charge is 2.12. The fourth-order valence-electron chi connectivity index (χ4n) is 2.44. The third-order valence-electron chi connectivity index (χ3n) is 3.68. The summed E-state index contributed by atoms with van der Waals surface area (Å²) in [4.78, 5) is 35.4. The first-order valence-electron chi connectivity index (χ1n) is 8.01. The van der Waals surface area contributed by atoms with Crippen LogP contribution in [-0.4, -0.2) is 28.0 Å². The minimum Gasteiger partial charge on any atom is -0.497 e. The van der Waals surface area contributed by atoms with Gasteiger partial charge >= 0.3 is 0 Å². The van der Waals surface area contributed by atoms with Crippen molar-refractivity contribution in [2.24, 2.45) is 0 Å². The molecule has 0 aliphatic carbocycles. The van der Waals surface area contributed by atoms with Crippen molar-refractivity contribution in [3.05, 3.63) is 81.7 Å². The van der Waals surface area contributed by atoms with Crippen LogP contribution in [0.3, 0.4) is 0 Å². The number of rotatable bonds is 5. The lowest BCUT2D eigenvalue weighted by molar-refractivity contribution is 0.102. The zero-order valence-corrected chi connectivity index (χ0v) is 14.4. The summed E-state index contributed by atoms with van der Waals surface area (Å²) in [6.07, 6.45) is 0.392. The smallest absolute Gasteiger partial charge is 0.275 e. The van der Waals surface area contributed by atoms with E-state index >= 15 is 0 Å². The van der Waals surface area contributed by atoms with Crippen LogP contribution in [0.2, 0.25) is 0 Å². The molecule has 0 bridgehead atoms. The van der Waals surface area contributed by atoms with Gasteiger partial charge in [-0.05, 0) is 36.8 Å². The molecule has 2 aromatic heterocycles. The first-order valence-corrected chi connectivity index (χ1v) is 8.01. The molecule has 7 heteroatoms. The number of pyridine rings is 1. The van der Waals surface area contributed by atoms with Crippen molar-refractivity contribution in [1.29, 1.82) is 0 Å². The Morgan fingerprint density at radius 1 is 1.15 bits per heavy atom. The van der Waals surface area contributed by atoms with Crippen LogP contribution >= 0.6 is 0 Å². The maximum atomic E-state index is 12.4. The molecule has 7 nitrogen and oxygen atoms in total. The van der Waals surface area contributed by atoms with Crippen LogP contribution in [0.5, 0.6) is 5.75 Å². The maximum Gasteiger partial charge on any atom is 0.275 e. The van der Waals surface area contributed by atoms with Crippen LogP contribution in [0.4, 0.5) is 5.82 Å². The predicted molar refractivity (Wildman–Crippen MR) is 97.6 cm³/mol. The molecular formula is C19H18N4O3. The van der Waals surface area contributed by atoms with Crippen molar-refractivity contribution in [3.63, 3.8) is 0 Å². The van der Waals surface area contributed by atoms with E-state index in [0.717, 1.165) is 17.0 Å². The molecule has 132 valence electrons. The number of carbonyl (C=O) groups excluding carboxylic acids is 1. The number of methoxy groups -OCH3 is 1. The second-order valence-electron chi connectivity index (χ2n) is 5.72. The number of nitrogens with one attached hydrogen (secondary N) is 2. The fraction of sp³-hybridized carbons (Fsp3) is 0.158. The normalized spacial score (nSPS) is 10.4. The molecule has 0 saturated heterocycles. The molecule has 2 heterocycles. The topological polar surface area (TPSA) is 97.0 Å². The molecule has 26 heavy (non-hydrogen) atoms. The van der Waals surface area contributed by atoms with E-state index in [0.29, 0.717) is 18.1 Å². The van der Waals surface area contributed by atoms with E-state index in [2.05, 4.69) is 20.3 Å². The summed E-state index contributed by atoms with van der Waals surface area (Å²) in [6, 6.07) is 13.9. The highest BCUT2D eigenvalue weighted by atomic mass is 16.5. The summed E-state index contributed by atoms with van der Waals surface area (Å²) in [5.41, 5.74) is 1.38. The molecule has 0 spiro atoms. The third kappa shape index (κ3) is 4.32. The second kappa shape index (κ2) is 7.60. The zero-order valence-electron chi connectivity index (χ0n) is 14.4. The Labute approximate surface area is 150 Å². The monoisotopic (exact) mass is 350 g/mol. The van der Waals surface area contributed by atoms with Gasteiger partial charge in [0.2, 0.25) is 0 Å². The van der Waals surface area contributed by atoms with Crippen molar-refractivity contribution in [2.45, 2.75) is 13.3 Å². The lowest BCUT2D eigenvalue weighted by Crippen LogP contribution is -2.21. The van der Waals surface area contributed by atoms with E-state index in [1.54, 1.807) is 19.2 Å². The average molecular weight is 350 g/mol. The lowest BCUT2D eigenvalue weighted by atomic mass is 10.1. The summed E-state index contributed by atoms with van der Waals surface area (Å²) < 4.78 is 5.12. The van der Waals surface area contributed by atoms with E-state index in [1.165, 1.54) is 6.07 Å². The zero-order chi connectivity index (χ0) is 18.5. The van der Waals surface area contributed by atoms with E-state index in [1.807, 2.05) is 37.3 Å². The summed E-state index contributed by atoms with van der Waals surface area (Å²) in [5, 5.41) is 2.65. The second-order valence-corrected chi connectivity index (χ2v) is 5.72. The highest BCUT2D eigenvalue weighted by Crippen LogP contribution is 2.13. The van der Waals surface area contributed by atoms with Crippen molar-refractivity contribution in [2.75, 3.05) is 12.4 Å². The van der Waals surface area contributed by atoms with E-state index in [-0.39, 0.29) is 11.3 Å². The van der Waals surface area contributed by atoms with Gasteiger partial charge in [0, 0.05) is 18.2 Å². The molecule has 0 fully saturated rings. The van der Waals surface area contributed by atoms with E-state index < -0.39 is 5.91 Å². The van der Waals surface area contributed by atoms with Crippen molar-refractivity contribution in [1.82, 2.24) is 15.0 Å². The van der Waals surface area contributed by atoms with Crippen LogP contribution in [-0.2, 0) is 6.42 Å². The first-order chi connectivity index (χ1) is 12.5. The summed E-state index contributed by atoms with van der Waals surface area (Å²) in [5.74, 6) is 1.08. The molecule has 0 unspecified atom stereocenters. The average Bonchev–Trinajstić information content (AvgIpc) is 2.62. The highest BCUT2D eigenvalue weighted by molar-refractivity contribution is 6.02. The predicted octanol–water partition coefficient (Wildman–Crippen LogP) is 2.33. The fourth-order valence-corrected chi connectivity index (χ4v) is 2.44. The van der Waals surface area contributed by atoms with Gasteiger partial charge in [0.15, 0.2) is 0 Å². The van der Waals surface area contributed by atoms with Gasteiger partial charge in [0.1, 0.15) is 23.1 Å². The summed E-state index contributed by atoms with van der Waals surface area (Å²) in [7, 11) is 1.60. The molecular weight excluding hydrogens is 332 g/mol. The number of benzene rings is 1. The van der Waals surface area contributed by atoms with Crippen LogP contribution in [0.25, 0.3) is 0 Å². The van der Waals surface area contributed by atoms with Crippen LogP contribution < -0.4 is 15.6 Å². The van der Waals surface area contributed by atoms with Gasteiger partial charge in [0.05, 0.1) is 7.11 Å². The quantitative estimate of drug-likeness (QED) is 0.736. The number of aromatic nitrogens is 3. The molecule has 0 radical (unpaired) electrons. The Bertz CT molecular complexity index is 981. The minimum atomic E-state index is -0.481. The standard InChI is InChI=1S/C19H18N4O3/c1-12-4-3-5-16(20-12)23-19(25)15-11-18(24)22-17(21-15)10-13-6-8-14(26-2)9-7-13/h3-9,11H,10H2,1-2H3,(H,20,23,25)(H,21,22,24). The molecule has 0 saturated carbocycles. The number of hydrogen-bond acceptors (Lipinski definition) is 5. The molecule has 1 amide bonds. The molecule has 0 aliphatic rings. The third-order valence-corrected chi connectivity index (χ3v) is 3.68. The number of aromatic amines is 1. The van der Waals surface area contributed by atoms with Gasteiger partial charge in [0.25, 0.3) is 11.5 Å². The number of H-pyrrole nitrogens is 1. The Morgan fingerprint density at radius 3 is 2.62 bits per heavy atom. The van der Waals surface area contributed by atoms with E-state index in [9.17, 15) is 9.59 Å². The van der Waals surface area contributed by atoms with Crippen LogP contribution in [0.1, 0.15) is 27.6 Å². The number of carbonyl (C=O) groups is 1. The summed E-state index contributed by atoms with van der Waals surface area (Å²) in [6.45, 7) is 1.83. The van der Waals surface area contributed by atoms with Gasteiger partial charge < -0.3 is 15.0 Å². The first kappa shape index (κ1) is 17.3. The number of hydrogen-bond donors (Lipinski definition) is 2. The van der Waals surface area contributed by atoms with E-state index in [4.69, 9.17) is 4.74 Å². The van der Waals surface area contributed by atoms with Gasteiger partial charge in [-0.25, -0.2) is 9.97 Å². The molecule has 3 aromatic rings. The van der Waals surface area contributed by atoms with Crippen molar-refractivity contribution >= 4 is 11.7 Å². The molecule has 0 aliphatic heterocycles. The van der Waals surface area contributed by atoms with Crippen LogP contribution in [0, 0.1) is 6.92 Å². The van der Waals surface area contributed by atoms with Gasteiger partial charge in [-0.2, -0.15) is 0 Å². The largest absolute Gasteiger partial charge is 0.497 e. The van der Waals surface area contributed by atoms with Crippen LogP contribution in [0.15, 0.2) is 53.3 Å².